The smallest absolute Gasteiger partial charge is 0.358 e. The Morgan fingerprint density at radius 1 is 1.64 bits per heavy atom. The van der Waals surface area contributed by atoms with Gasteiger partial charge in [0, 0.05) is 0 Å². The topological polar surface area (TPSA) is 106 Å². The molecule has 0 saturated heterocycles. The van der Waals surface area contributed by atoms with Gasteiger partial charge < -0.3 is 15.4 Å². The van der Waals surface area contributed by atoms with Crippen molar-refractivity contribution in [1.82, 2.24) is 5.16 Å². The molecule has 0 saturated carbocycles. The molecule has 1 amide bonds. The van der Waals surface area contributed by atoms with E-state index in [1.54, 1.807) is 0 Å². The number of carboxylic acids is 1. The fourth-order valence-corrected chi connectivity index (χ4v) is 0.566. The molecule has 1 aromatic rings. The number of aromatic carboxylic acids is 1. The van der Waals surface area contributed by atoms with Crippen molar-refractivity contribution >= 4 is 11.9 Å². The molecule has 6 nitrogen and oxygen atoms in total. The molecule has 0 radical (unpaired) electrons. The summed E-state index contributed by atoms with van der Waals surface area (Å²) in [5.74, 6) is -2.21. The van der Waals surface area contributed by atoms with Crippen molar-refractivity contribution in [2.45, 2.75) is 0 Å². The average Bonchev–Trinajstić information content (AvgIpc) is 2.32. The molecular formula is C5H4N2O4. The van der Waals surface area contributed by atoms with Gasteiger partial charge in [-0.05, 0) is 0 Å². The minimum Gasteiger partial charge on any atom is -0.476 e. The fourth-order valence-electron chi connectivity index (χ4n) is 0.566. The summed E-state index contributed by atoms with van der Waals surface area (Å²) in [5, 5.41) is 11.4. The molecule has 1 heterocycles. The van der Waals surface area contributed by atoms with E-state index in [2.05, 4.69) is 9.68 Å². The zero-order valence-electron chi connectivity index (χ0n) is 5.27. The van der Waals surface area contributed by atoms with Crippen molar-refractivity contribution in [3.05, 3.63) is 17.5 Å². The lowest BCUT2D eigenvalue weighted by atomic mass is 10.2. The number of carbonyl (C=O) groups is 2. The number of nitrogens with zero attached hydrogens (tertiary/aromatic N) is 1. The molecule has 0 aliphatic heterocycles. The highest BCUT2D eigenvalue weighted by atomic mass is 16.5. The van der Waals surface area contributed by atoms with Crippen molar-refractivity contribution in [1.29, 1.82) is 0 Å². The summed E-state index contributed by atoms with van der Waals surface area (Å²) in [6.07, 6.45) is 0.895. The lowest BCUT2D eigenvalue weighted by Crippen LogP contribution is -2.14. The van der Waals surface area contributed by atoms with E-state index >= 15 is 0 Å². The van der Waals surface area contributed by atoms with Gasteiger partial charge in [-0.2, -0.15) is 0 Å². The van der Waals surface area contributed by atoms with Gasteiger partial charge in [-0.25, -0.2) is 4.79 Å². The first kappa shape index (κ1) is 7.26. The summed E-state index contributed by atoms with van der Waals surface area (Å²) < 4.78 is 4.24. The quantitative estimate of drug-likeness (QED) is 0.598. The number of carboxylic acid groups (broad SMARTS) is 1. The molecule has 3 N–H and O–H groups in total. The van der Waals surface area contributed by atoms with Crippen LogP contribution in [0.1, 0.15) is 20.8 Å². The molecule has 0 aliphatic rings. The van der Waals surface area contributed by atoms with Crippen LogP contribution in [-0.2, 0) is 0 Å². The number of amides is 1. The van der Waals surface area contributed by atoms with Gasteiger partial charge in [0.25, 0.3) is 5.91 Å². The predicted octanol–water partition coefficient (Wildman–Crippen LogP) is -0.528. The Bertz CT molecular complexity index is 275. The molecule has 11 heavy (non-hydrogen) atoms. The van der Waals surface area contributed by atoms with Gasteiger partial charge in [-0.1, -0.05) is 5.16 Å². The first-order chi connectivity index (χ1) is 5.13. The fraction of sp³-hybridized carbons (Fsp3) is 0. The maximum absolute atomic E-state index is 10.4. The van der Waals surface area contributed by atoms with Gasteiger partial charge in [-0.3, -0.25) is 4.79 Å². The van der Waals surface area contributed by atoms with E-state index in [1.165, 1.54) is 0 Å². The van der Waals surface area contributed by atoms with Crippen molar-refractivity contribution in [3.63, 3.8) is 0 Å². The molecule has 58 valence electrons. The molecule has 0 atom stereocenters. The molecule has 1 rings (SSSR count). The zero-order chi connectivity index (χ0) is 8.43. The van der Waals surface area contributed by atoms with Crippen LogP contribution in [0.2, 0.25) is 0 Å². The minimum atomic E-state index is -1.34. The van der Waals surface area contributed by atoms with Gasteiger partial charge in [0.1, 0.15) is 11.8 Å². The SMILES string of the molecule is NC(=O)c1conc1C(=O)O. The highest BCUT2D eigenvalue weighted by molar-refractivity contribution is 6.02. The highest BCUT2D eigenvalue weighted by Crippen LogP contribution is 2.04. The molecule has 0 unspecified atom stereocenters. The van der Waals surface area contributed by atoms with E-state index < -0.39 is 17.6 Å². The van der Waals surface area contributed by atoms with E-state index in [0.717, 1.165) is 6.26 Å². The lowest BCUT2D eigenvalue weighted by molar-refractivity contribution is 0.0681. The summed E-state index contributed by atoms with van der Waals surface area (Å²) in [4.78, 5) is 20.7. The molecule has 0 fully saturated rings. The predicted molar refractivity (Wildman–Crippen MR) is 32.0 cm³/mol. The average molecular weight is 156 g/mol. The number of primary amides is 1. The normalized spacial score (nSPS) is 9.45. The number of nitrogens with two attached hydrogens (primary N) is 1. The third-order valence-corrected chi connectivity index (χ3v) is 1.04. The van der Waals surface area contributed by atoms with Crippen LogP contribution in [0.25, 0.3) is 0 Å². The van der Waals surface area contributed by atoms with E-state index in [-0.39, 0.29) is 5.56 Å². The van der Waals surface area contributed by atoms with Crippen molar-refractivity contribution in [2.75, 3.05) is 0 Å². The molecule has 1 aromatic heterocycles. The third kappa shape index (κ3) is 1.18. The molecule has 0 aromatic carbocycles. The monoisotopic (exact) mass is 156 g/mol. The van der Waals surface area contributed by atoms with Crippen molar-refractivity contribution < 1.29 is 19.2 Å². The second-order valence-corrected chi connectivity index (χ2v) is 1.75. The number of carbonyl (C=O) groups excluding carboxylic acids is 1. The Kier molecular flexibility index (Phi) is 1.59. The van der Waals surface area contributed by atoms with Gasteiger partial charge in [0.15, 0.2) is 0 Å². The largest absolute Gasteiger partial charge is 0.476 e. The van der Waals surface area contributed by atoms with Crippen LogP contribution in [0.5, 0.6) is 0 Å². The van der Waals surface area contributed by atoms with Crippen LogP contribution in [0, 0.1) is 0 Å². The maximum atomic E-state index is 10.4. The first-order valence-electron chi connectivity index (χ1n) is 2.60. The summed E-state index contributed by atoms with van der Waals surface area (Å²) in [5.41, 5.74) is 4.11. The van der Waals surface area contributed by atoms with E-state index in [1.807, 2.05) is 0 Å². The van der Waals surface area contributed by atoms with Crippen LogP contribution in [-0.4, -0.2) is 22.1 Å². The summed E-state index contributed by atoms with van der Waals surface area (Å²) in [6.45, 7) is 0. The van der Waals surface area contributed by atoms with Crippen LogP contribution < -0.4 is 5.73 Å². The Morgan fingerprint density at radius 3 is 2.64 bits per heavy atom. The van der Waals surface area contributed by atoms with Crippen LogP contribution in [0.3, 0.4) is 0 Å². The van der Waals surface area contributed by atoms with E-state index in [4.69, 9.17) is 10.8 Å². The molecule has 0 aliphatic carbocycles. The zero-order valence-corrected chi connectivity index (χ0v) is 5.27. The second kappa shape index (κ2) is 2.41. The van der Waals surface area contributed by atoms with E-state index in [0.29, 0.717) is 0 Å². The number of hydrogen-bond donors (Lipinski definition) is 2. The number of rotatable bonds is 2. The van der Waals surface area contributed by atoms with Gasteiger partial charge >= 0.3 is 5.97 Å². The van der Waals surface area contributed by atoms with E-state index in [9.17, 15) is 9.59 Å². The van der Waals surface area contributed by atoms with Gasteiger partial charge in [-0.15, -0.1) is 0 Å². The Labute approximate surface area is 60.6 Å². The Balaban J connectivity index is 3.16. The number of aromatic nitrogens is 1. The van der Waals surface area contributed by atoms with Crippen molar-refractivity contribution in [2.24, 2.45) is 5.73 Å². The van der Waals surface area contributed by atoms with Crippen LogP contribution in [0.4, 0.5) is 0 Å². The highest BCUT2D eigenvalue weighted by Gasteiger charge is 2.18. The standard InChI is InChI=1S/C5H4N2O4/c6-4(8)2-1-11-7-3(2)5(9)10/h1H,(H2,6,8)(H,9,10). The van der Waals surface area contributed by atoms with Crippen molar-refractivity contribution in [3.8, 4) is 0 Å². The number of hydrogen-bond acceptors (Lipinski definition) is 4. The summed E-state index contributed by atoms with van der Waals surface area (Å²) >= 11 is 0. The first-order valence-corrected chi connectivity index (χ1v) is 2.60. The summed E-state index contributed by atoms with van der Waals surface area (Å²) in [7, 11) is 0. The van der Waals surface area contributed by atoms with Gasteiger partial charge in [0.05, 0.1) is 0 Å². The Hall–Kier alpha value is -1.85. The molecule has 0 bridgehead atoms. The summed E-state index contributed by atoms with van der Waals surface area (Å²) in [6, 6.07) is 0. The third-order valence-electron chi connectivity index (χ3n) is 1.04. The molecular weight excluding hydrogens is 152 g/mol. The molecule has 0 spiro atoms. The Morgan fingerprint density at radius 2 is 2.27 bits per heavy atom. The maximum Gasteiger partial charge on any atom is 0.358 e. The van der Waals surface area contributed by atoms with Gasteiger partial charge in [0.2, 0.25) is 5.69 Å². The second-order valence-electron chi connectivity index (χ2n) is 1.75. The lowest BCUT2D eigenvalue weighted by Gasteiger charge is -1.87. The van der Waals surface area contributed by atoms with Crippen LogP contribution in [0.15, 0.2) is 10.8 Å². The van der Waals surface area contributed by atoms with Crippen LogP contribution >= 0.6 is 0 Å². The molecule has 6 heteroatoms. The minimum absolute atomic E-state index is 0.225.